The Morgan fingerprint density at radius 3 is 2.71 bits per heavy atom. The molecule has 164 valence electrons. The summed E-state index contributed by atoms with van der Waals surface area (Å²) in [6.07, 6.45) is -1.27. The molecule has 0 spiro atoms. The Morgan fingerprint density at radius 1 is 1.35 bits per heavy atom. The van der Waals surface area contributed by atoms with Crippen LogP contribution in [0.1, 0.15) is 35.7 Å². The highest BCUT2D eigenvalue weighted by atomic mass is 32.1. The first-order valence-corrected chi connectivity index (χ1v) is 10.9. The van der Waals surface area contributed by atoms with E-state index in [1.54, 1.807) is 18.5 Å². The first-order chi connectivity index (χ1) is 14.8. The third-order valence-corrected chi connectivity index (χ3v) is 6.39. The zero-order valence-electron chi connectivity index (χ0n) is 16.5. The number of hydrogen-bond donors (Lipinski definition) is 1. The molecule has 11 heteroatoms. The van der Waals surface area contributed by atoms with Crippen molar-refractivity contribution in [2.45, 2.75) is 38.0 Å². The van der Waals surface area contributed by atoms with Crippen molar-refractivity contribution in [1.82, 2.24) is 15.3 Å². The molecule has 1 aromatic carbocycles. The highest BCUT2D eigenvalue weighted by Gasteiger charge is 2.42. The van der Waals surface area contributed by atoms with Crippen LogP contribution in [-0.2, 0) is 10.9 Å². The van der Waals surface area contributed by atoms with Crippen LogP contribution in [0.4, 0.5) is 19.2 Å². The van der Waals surface area contributed by atoms with Crippen molar-refractivity contribution in [3.63, 3.8) is 0 Å². The Bertz CT molecular complexity index is 1120. The fourth-order valence-electron chi connectivity index (χ4n) is 4.33. The van der Waals surface area contributed by atoms with E-state index >= 15 is 0 Å². The van der Waals surface area contributed by atoms with Crippen LogP contribution in [0.15, 0.2) is 22.1 Å². The molecule has 2 fully saturated rings. The summed E-state index contributed by atoms with van der Waals surface area (Å²) in [5.74, 6) is -1.06. The van der Waals surface area contributed by atoms with Gasteiger partial charge >= 0.3 is 12.1 Å². The first-order valence-electron chi connectivity index (χ1n) is 9.98. The van der Waals surface area contributed by atoms with Crippen LogP contribution in [0.5, 0.6) is 0 Å². The number of benzene rings is 1. The Labute approximate surface area is 179 Å². The van der Waals surface area contributed by atoms with E-state index in [4.69, 9.17) is 9.15 Å². The van der Waals surface area contributed by atoms with E-state index in [9.17, 15) is 18.0 Å². The van der Waals surface area contributed by atoms with Crippen molar-refractivity contribution < 1.29 is 27.1 Å². The molecule has 5 rings (SSSR count). The molecule has 31 heavy (non-hydrogen) atoms. The normalized spacial score (nSPS) is 21.1. The van der Waals surface area contributed by atoms with Gasteiger partial charge in [0.25, 0.3) is 6.01 Å². The number of aromatic nitrogens is 2. The average molecular weight is 452 g/mol. The van der Waals surface area contributed by atoms with E-state index in [2.05, 4.69) is 15.3 Å². The molecule has 0 saturated carbocycles. The molecule has 2 bridgehead atoms. The van der Waals surface area contributed by atoms with Gasteiger partial charge in [0.2, 0.25) is 0 Å². The standard InChI is InChI=1S/C20H19F3N4O3S/c1-2-29-18(28)12-7-13(17-24-5-6-31-17)16-15(14(12)20(21,22)23)26-19(30-16)27-8-10-3-4-11(9-27)25-10/h5-7,10-11,25H,2-4,8-9H2,1H3. The summed E-state index contributed by atoms with van der Waals surface area (Å²) in [5, 5.41) is 5.61. The number of nitrogens with one attached hydrogen (secondary N) is 1. The molecule has 0 aliphatic carbocycles. The second-order valence-electron chi connectivity index (χ2n) is 7.62. The van der Waals surface area contributed by atoms with E-state index in [0.717, 1.165) is 18.9 Å². The molecule has 2 aliphatic heterocycles. The lowest BCUT2D eigenvalue weighted by Crippen LogP contribution is -2.51. The van der Waals surface area contributed by atoms with Gasteiger partial charge in [-0.25, -0.2) is 9.78 Å². The van der Waals surface area contributed by atoms with Crippen LogP contribution >= 0.6 is 11.3 Å². The van der Waals surface area contributed by atoms with Crippen molar-refractivity contribution >= 4 is 34.4 Å². The van der Waals surface area contributed by atoms with Gasteiger partial charge < -0.3 is 19.4 Å². The molecule has 2 aliphatic rings. The minimum atomic E-state index is -4.82. The van der Waals surface area contributed by atoms with Crippen LogP contribution in [-0.4, -0.2) is 47.7 Å². The molecule has 1 N–H and O–H groups in total. The summed E-state index contributed by atoms with van der Waals surface area (Å²) in [4.78, 5) is 22.8. The lowest BCUT2D eigenvalue weighted by molar-refractivity contribution is -0.137. The van der Waals surface area contributed by atoms with Crippen LogP contribution in [0.25, 0.3) is 21.7 Å². The van der Waals surface area contributed by atoms with E-state index in [-0.39, 0.29) is 35.9 Å². The van der Waals surface area contributed by atoms with Crippen LogP contribution in [0.3, 0.4) is 0 Å². The van der Waals surface area contributed by atoms with Crippen molar-refractivity contribution in [2.75, 3.05) is 24.6 Å². The second-order valence-corrected chi connectivity index (χ2v) is 8.51. The number of nitrogens with zero attached hydrogens (tertiary/aromatic N) is 3. The van der Waals surface area contributed by atoms with Gasteiger partial charge in [-0.2, -0.15) is 18.2 Å². The van der Waals surface area contributed by atoms with Gasteiger partial charge in [0.15, 0.2) is 5.58 Å². The van der Waals surface area contributed by atoms with Gasteiger partial charge in [-0.05, 0) is 25.8 Å². The first kappa shape index (κ1) is 20.3. The average Bonchev–Trinajstić information content (AvgIpc) is 3.46. The predicted octanol–water partition coefficient (Wildman–Crippen LogP) is 4.09. The Morgan fingerprint density at radius 2 is 2.10 bits per heavy atom. The van der Waals surface area contributed by atoms with Gasteiger partial charge in [0, 0.05) is 36.8 Å². The lowest BCUT2D eigenvalue weighted by atomic mass is 10.0. The predicted molar refractivity (Wildman–Crippen MR) is 108 cm³/mol. The van der Waals surface area contributed by atoms with Gasteiger partial charge in [0.05, 0.1) is 23.3 Å². The summed E-state index contributed by atoms with van der Waals surface area (Å²) >= 11 is 1.24. The minimum Gasteiger partial charge on any atom is -0.462 e. The molecular formula is C20H19F3N4O3S. The Hall–Kier alpha value is -2.66. The van der Waals surface area contributed by atoms with E-state index in [0.29, 0.717) is 18.1 Å². The van der Waals surface area contributed by atoms with Crippen molar-refractivity contribution in [3.05, 3.63) is 28.8 Å². The molecule has 7 nitrogen and oxygen atoms in total. The highest BCUT2D eigenvalue weighted by Crippen LogP contribution is 2.43. The number of piperazine rings is 1. The van der Waals surface area contributed by atoms with Crippen LogP contribution in [0, 0.1) is 0 Å². The number of anilines is 1. The van der Waals surface area contributed by atoms with Gasteiger partial charge in [-0.1, -0.05) is 0 Å². The largest absolute Gasteiger partial charge is 0.462 e. The van der Waals surface area contributed by atoms with Crippen molar-refractivity contribution in [1.29, 1.82) is 0 Å². The van der Waals surface area contributed by atoms with Gasteiger partial charge in [-0.3, -0.25) is 0 Å². The number of hydrogen-bond acceptors (Lipinski definition) is 8. The third-order valence-electron chi connectivity index (χ3n) is 5.58. The molecule has 4 heterocycles. The molecule has 0 amide bonds. The number of oxazole rings is 1. The smallest absolute Gasteiger partial charge is 0.419 e. The second kappa shape index (κ2) is 7.49. The van der Waals surface area contributed by atoms with Gasteiger partial charge in [0.1, 0.15) is 10.5 Å². The summed E-state index contributed by atoms with van der Waals surface area (Å²) in [7, 11) is 0. The number of thiazole rings is 1. The van der Waals surface area contributed by atoms with Crippen LogP contribution < -0.4 is 10.2 Å². The molecule has 2 unspecified atom stereocenters. The SMILES string of the molecule is CCOC(=O)c1cc(-c2nccs2)c2oc(N3CC4CCC(C3)N4)nc2c1C(F)(F)F. The molecule has 2 saturated heterocycles. The van der Waals surface area contributed by atoms with Crippen molar-refractivity contribution in [2.24, 2.45) is 0 Å². The summed E-state index contributed by atoms with van der Waals surface area (Å²) in [6, 6.07) is 1.78. The zero-order valence-corrected chi connectivity index (χ0v) is 17.3. The topological polar surface area (TPSA) is 80.5 Å². The molecule has 3 aromatic rings. The molecule has 2 atom stereocenters. The maximum Gasteiger partial charge on any atom is 0.419 e. The van der Waals surface area contributed by atoms with E-state index in [1.165, 1.54) is 11.3 Å². The summed E-state index contributed by atoms with van der Waals surface area (Å²) in [6.45, 7) is 2.69. The molecule has 2 aromatic heterocycles. The third kappa shape index (κ3) is 3.55. The van der Waals surface area contributed by atoms with E-state index < -0.39 is 28.8 Å². The van der Waals surface area contributed by atoms with E-state index in [1.807, 2.05) is 4.90 Å². The number of halogens is 3. The molecular weight excluding hydrogens is 433 g/mol. The number of fused-ring (bicyclic) bond motifs is 3. The number of carbonyl (C=O) groups excluding carboxylic acids is 1. The quantitative estimate of drug-likeness (QED) is 0.598. The van der Waals surface area contributed by atoms with Crippen molar-refractivity contribution in [3.8, 4) is 10.6 Å². The number of ether oxygens (including phenoxy) is 1. The maximum absolute atomic E-state index is 14.1. The fraction of sp³-hybridized carbons (Fsp3) is 0.450. The zero-order chi connectivity index (χ0) is 21.8. The fourth-order valence-corrected chi connectivity index (χ4v) is 4.98. The Kier molecular flexibility index (Phi) is 4.89. The maximum atomic E-state index is 14.1. The van der Waals surface area contributed by atoms with Crippen LogP contribution in [0.2, 0.25) is 0 Å². The molecule has 0 radical (unpaired) electrons. The number of esters is 1. The Balaban J connectivity index is 1.73. The number of rotatable bonds is 4. The van der Waals surface area contributed by atoms with Gasteiger partial charge in [-0.15, -0.1) is 11.3 Å². The minimum absolute atomic E-state index is 0.0313. The monoisotopic (exact) mass is 452 g/mol. The number of carbonyl (C=O) groups is 1. The summed E-state index contributed by atoms with van der Waals surface area (Å²) in [5.41, 5.74) is -1.88. The highest BCUT2D eigenvalue weighted by molar-refractivity contribution is 7.13. The lowest BCUT2D eigenvalue weighted by Gasteiger charge is -2.31. The summed E-state index contributed by atoms with van der Waals surface area (Å²) < 4.78 is 53.2. The number of alkyl halides is 3.